The summed E-state index contributed by atoms with van der Waals surface area (Å²) in [4.78, 5) is 11.5. The Morgan fingerprint density at radius 3 is 2.82 bits per heavy atom. The minimum atomic E-state index is 0.333. The van der Waals surface area contributed by atoms with E-state index in [-0.39, 0.29) is 0 Å². The second-order valence-electron chi connectivity index (χ2n) is 7.96. The number of ether oxygens (including phenoxy) is 2. The number of hydrogen-bond acceptors (Lipinski definition) is 4. The maximum Gasteiger partial charge on any atom is 0.213 e. The summed E-state index contributed by atoms with van der Waals surface area (Å²) >= 11 is 0. The van der Waals surface area contributed by atoms with Gasteiger partial charge in [-0.05, 0) is 69.4 Å². The van der Waals surface area contributed by atoms with Crippen molar-refractivity contribution >= 4 is 5.96 Å². The van der Waals surface area contributed by atoms with Crippen LogP contribution in [-0.2, 0) is 11.3 Å². The van der Waals surface area contributed by atoms with Crippen molar-refractivity contribution < 1.29 is 9.47 Å². The molecule has 6 heteroatoms. The smallest absolute Gasteiger partial charge is 0.213 e. The van der Waals surface area contributed by atoms with Crippen LogP contribution in [0.2, 0.25) is 0 Å². The number of aromatic nitrogens is 1. The van der Waals surface area contributed by atoms with Gasteiger partial charge in [0, 0.05) is 45.6 Å². The number of nitrogens with zero attached hydrogens (tertiary/aromatic N) is 3. The van der Waals surface area contributed by atoms with Crippen molar-refractivity contribution in [2.24, 2.45) is 10.9 Å². The van der Waals surface area contributed by atoms with Gasteiger partial charge in [-0.3, -0.25) is 0 Å². The van der Waals surface area contributed by atoms with Gasteiger partial charge in [-0.2, -0.15) is 0 Å². The molecule has 0 spiro atoms. The molecule has 1 aliphatic carbocycles. The third-order valence-electron chi connectivity index (χ3n) is 5.71. The van der Waals surface area contributed by atoms with E-state index in [2.05, 4.69) is 29.2 Å². The van der Waals surface area contributed by atoms with Crippen molar-refractivity contribution in [3.05, 3.63) is 23.9 Å². The summed E-state index contributed by atoms with van der Waals surface area (Å²) < 4.78 is 11.5. The topological polar surface area (TPSA) is 59.0 Å². The number of rotatable bonds is 8. The van der Waals surface area contributed by atoms with Crippen molar-refractivity contribution in [3.8, 4) is 5.88 Å². The largest absolute Gasteiger partial charge is 0.474 e. The van der Waals surface area contributed by atoms with Crippen LogP contribution in [0, 0.1) is 5.92 Å². The molecule has 3 rings (SSSR count). The highest BCUT2D eigenvalue weighted by atomic mass is 16.5. The van der Waals surface area contributed by atoms with E-state index in [1.165, 1.54) is 32.1 Å². The molecule has 1 aromatic rings. The van der Waals surface area contributed by atoms with E-state index in [1.807, 2.05) is 18.3 Å². The van der Waals surface area contributed by atoms with Gasteiger partial charge in [-0.15, -0.1) is 0 Å². The van der Waals surface area contributed by atoms with Crippen LogP contribution in [0.15, 0.2) is 23.3 Å². The maximum absolute atomic E-state index is 6.03. The first-order valence-corrected chi connectivity index (χ1v) is 10.9. The number of pyridine rings is 1. The van der Waals surface area contributed by atoms with Crippen LogP contribution in [-0.4, -0.2) is 55.3 Å². The molecule has 2 fully saturated rings. The van der Waals surface area contributed by atoms with Crippen LogP contribution in [0.25, 0.3) is 0 Å². The summed E-state index contributed by atoms with van der Waals surface area (Å²) in [7, 11) is 2.13. The zero-order valence-corrected chi connectivity index (χ0v) is 17.5. The molecule has 0 amide bonds. The lowest BCUT2D eigenvalue weighted by molar-refractivity contribution is 0.0625. The van der Waals surface area contributed by atoms with E-state index in [9.17, 15) is 0 Å². The Balaban J connectivity index is 1.53. The summed E-state index contributed by atoms with van der Waals surface area (Å²) in [6.07, 6.45) is 10.5. The van der Waals surface area contributed by atoms with E-state index in [0.29, 0.717) is 12.6 Å². The highest BCUT2D eigenvalue weighted by molar-refractivity contribution is 5.79. The van der Waals surface area contributed by atoms with Crippen LogP contribution in [0.4, 0.5) is 0 Å². The fraction of sp³-hybridized carbons (Fsp3) is 0.727. The number of aliphatic imine (C=N–C) groups is 1. The molecular formula is C22H36N4O2. The van der Waals surface area contributed by atoms with Crippen molar-refractivity contribution in [2.45, 2.75) is 64.5 Å². The fourth-order valence-corrected chi connectivity index (χ4v) is 3.94. The molecule has 1 saturated heterocycles. The molecule has 1 N–H and O–H groups in total. The van der Waals surface area contributed by atoms with E-state index in [1.54, 1.807) is 0 Å². The van der Waals surface area contributed by atoms with Gasteiger partial charge < -0.3 is 19.7 Å². The zero-order valence-electron chi connectivity index (χ0n) is 17.5. The van der Waals surface area contributed by atoms with Crippen molar-refractivity contribution in [2.75, 3.05) is 33.4 Å². The van der Waals surface area contributed by atoms with Crippen molar-refractivity contribution in [1.29, 1.82) is 0 Å². The monoisotopic (exact) mass is 388 g/mol. The van der Waals surface area contributed by atoms with E-state index < -0.39 is 0 Å². The van der Waals surface area contributed by atoms with Crippen molar-refractivity contribution in [1.82, 2.24) is 15.2 Å². The third-order valence-corrected chi connectivity index (χ3v) is 5.71. The first kappa shape index (κ1) is 20.9. The minimum absolute atomic E-state index is 0.333. The Morgan fingerprint density at radius 1 is 1.29 bits per heavy atom. The SMILES string of the molecule is CCNC(=NCc1ccnc(OC2CCCC2)c1)N(C)CCC1CCOCC1. The van der Waals surface area contributed by atoms with Gasteiger partial charge in [-0.1, -0.05) is 0 Å². The normalized spacial score (nSPS) is 19.0. The molecule has 0 aromatic carbocycles. The lowest BCUT2D eigenvalue weighted by Crippen LogP contribution is -2.40. The zero-order chi connectivity index (χ0) is 19.6. The molecule has 0 radical (unpaired) electrons. The van der Waals surface area contributed by atoms with Gasteiger partial charge in [0.1, 0.15) is 6.10 Å². The van der Waals surface area contributed by atoms with Crippen LogP contribution in [0.1, 0.15) is 57.4 Å². The predicted octanol–water partition coefficient (Wildman–Crippen LogP) is 3.62. The molecular weight excluding hydrogens is 352 g/mol. The minimum Gasteiger partial charge on any atom is -0.474 e. The lowest BCUT2D eigenvalue weighted by Gasteiger charge is -2.26. The van der Waals surface area contributed by atoms with Gasteiger partial charge in [0.15, 0.2) is 5.96 Å². The first-order chi connectivity index (χ1) is 13.7. The van der Waals surface area contributed by atoms with Crippen LogP contribution in [0.3, 0.4) is 0 Å². The maximum atomic E-state index is 6.03. The average Bonchev–Trinajstić information content (AvgIpc) is 3.23. The van der Waals surface area contributed by atoms with Crippen LogP contribution < -0.4 is 10.1 Å². The second kappa shape index (κ2) is 11.2. The number of hydrogen-bond donors (Lipinski definition) is 1. The standard InChI is InChI=1S/C22H36N4O2/c1-3-23-22(26(2)13-9-18-10-14-27-15-11-18)25-17-19-8-12-24-21(16-19)28-20-6-4-5-7-20/h8,12,16,18,20H,3-7,9-11,13-15,17H2,1-2H3,(H,23,25). The Bertz CT molecular complexity index is 610. The van der Waals surface area contributed by atoms with E-state index in [4.69, 9.17) is 14.5 Å². The fourth-order valence-electron chi connectivity index (χ4n) is 3.94. The molecule has 156 valence electrons. The quantitative estimate of drug-likeness (QED) is 0.544. The molecule has 1 aliphatic heterocycles. The molecule has 2 aliphatic rings. The summed E-state index contributed by atoms with van der Waals surface area (Å²) in [6, 6.07) is 4.06. The number of guanidine groups is 1. The predicted molar refractivity (Wildman–Crippen MR) is 113 cm³/mol. The van der Waals surface area contributed by atoms with Gasteiger partial charge in [-0.25, -0.2) is 9.98 Å². The summed E-state index contributed by atoms with van der Waals surface area (Å²) in [6.45, 7) is 6.46. The molecule has 28 heavy (non-hydrogen) atoms. The van der Waals surface area contributed by atoms with Gasteiger partial charge in [0.05, 0.1) is 6.54 Å². The molecule has 0 atom stereocenters. The van der Waals surface area contributed by atoms with Crippen LogP contribution in [0.5, 0.6) is 5.88 Å². The molecule has 0 unspecified atom stereocenters. The van der Waals surface area contributed by atoms with Gasteiger partial charge >= 0.3 is 0 Å². The summed E-state index contributed by atoms with van der Waals surface area (Å²) in [5, 5.41) is 3.42. The second-order valence-corrected chi connectivity index (χ2v) is 7.96. The summed E-state index contributed by atoms with van der Waals surface area (Å²) in [5.41, 5.74) is 1.14. The van der Waals surface area contributed by atoms with Gasteiger partial charge in [0.2, 0.25) is 5.88 Å². The molecule has 1 aromatic heterocycles. The number of nitrogens with one attached hydrogen (secondary N) is 1. The van der Waals surface area contributed by atoms with Gasteiger partial charge in [0.25, 0.3) is 0 Å². The Kier molecular flexibility index (Phi) is 8.40. The third kappa shape index (κ3) is 6.66. The average molecular weight is 389 g/mol. The Hall–Kier alpha value is -1.82. The molecule has 0 bridgehead atoms. The van der Waals surface area contributed by atoms with Crippen molar-refractivity contribution in [3.63, 3.8) is 0 Å². The van der Waals surface area contributed by atoms with E-state index in [0.717, 1.165) is 62.5 Å². The first-order valence-electron chi connectivity index (χ1n) is 10.9. The molecule has 6 nitrogen and oxygen atoms in total. The molecule has 2 heterocycles. The van der Waals surface area contributed by atoms with Crippen LogP contribution >= 0.6 is 0 Å². The van der Waals surface area contributed by atoms with E-state index >= 15 is 0 Å². The summed E-state index contributed by atoms with van der Waals surface area (Å²) in [5.74, 6) is 2.47. The highest BCUT2D eigenvalue weighted by Gasteiger charge is 2.17. The Labute approximate surface area is 169 Å². The highest BCUT2D eigenvalue weighted by Crippen LogP contribution is 2.23. The Morgan fingerprint density at radius 2 is 2.07 bits per heavy atom. The molecule has 1 saturated carbocycles. The lowest BCUT2D eigenvalue weighted by atomic mass is 9.96.